The summed E-state index contributed by atoms with van der Waals surface area (Å²) in [7, 11) is 0. The number of anilines is 1. The van der Waals surface area contributed by atoms with E-state index in [9.17, 15) is 9.90 Å². The summed E-state index contributed by atoms with van der Waals surface area (Å²) in [6.07, 6.45) is 7.98. The zero-order valence-electron chi connectivity index (χ0n) is 30.1. The molecule has 2 atom stereocenters. The van der Waals surface area contributed by atoms with Crippen molar-refractivity contribution in [3.63, 3.8) is 0 Å². The van der Waals surface area contributed by atoms with E-state index < -0.39 is 11.9 Å². The van der Waals surface area contributed by atoms with Crippen LogP contribution in [0.3, 0.4) is 0 Å². The molecule has 0 radical (unpaired) electrons. The van der Waals surface area contributed by atoms with E-state index in [1.54, 1.807) is 4.90 Å². The summed E-state index contributed by atoms with van der Waals surface area (Å²) in [4.78, 5) is 29.9. The number of halogens is 1. The second-order valence-electron chi connectivity index (χ2n) is 15.3. The van der Waals surface area contributed by atoms with Gasteiger partial charge in [0.15, 0.2) is 0 Å². The molecule has 2 aromatic carbocycles. The molecule has 2 unspecified atom stereocenters. The molecule has 51 heavy (non-hydrogen) atoms. The van der Waals surface area contributed by atoms with Gasteiger partial charge < -0.3 is 35.3 Å². The number of β-amino-alcohol motifs (C(OH)–C–C–N with tert-alkyl or cyclic N) is 1. The minimum Gasteiger partial charge on any atom is -0.490 e. The molecule has 7 rings (SSSR count). The average molecular weight is 698 g/mol. The van der Waals surface area contributed by atoms with Crippen LogP contribution >= 0.6 is 0 Å². The van der Waals surface area contributed by atoms with Crippen LogP contribution in [0.5, 0.6) is 5.75 Å². The van der Waals surface area contributed by atoms with E-state index in [1.165, 1.54) is 57.4 Å². The number of carbonyl (C=O) groups is 1. The molecule has 3 aliphatic rings. The lowest BCUT2D eigenvalue weighted by Crippen LogP contribution is -2.39. The topological polar surface area (TPSA) is 119 Å². The van der Waals surface area contributed by atoms with Gasteiger partial charge in [-0.3, -0.25) is 0 Å². The number of amides is 2. The quantitative estimate of drug-likeness (QED) is 0.143. The van der Waals surface area contributed by atoms with Gasteiger partial charge in [0.1, 0.15) is 29.6 Å². The van der Waals surface area contributed by atoms with Gasteiger partial charge in [0.25, 0.3) is 0 Å². The van der Waals surface area contributed by atoms with E-state index in [1.807, 2.05) is 37.3 Å². The summed E-state index contributed by atoms with van der Waals surface area (Å²) in [5.41, 5.74) is 4.70. The molecule has 3 saturated heterocycles. The summed E-state index contributed by atoms with van der Waals surface area (Å²) in [5, 5.41) is 17.6. The number of rotatable bonds is 10. The Balaban J connectivity index is 1.00. The Hall–Kier alpha value is -4.06. The van der Waals surface area contributed by atoms with Gasteiger partial charge >= 0.3 is 6.03 Å². The van der Waals surface area contributed by atoms with Gasteiger partial charge in [-0.2, -0.15) is 0 Å². The first-order valence-electron chi connectivity index (χ1n) is 18.8. The van der Waals surface area contributed by atoms with Crippen LogP contribution in [0.1, 0.15) is 57.9 Å². The van der Waals surface area contributed by atoms with Gasteiger partial charge in [-0.25, -0.2) is 19.2 Å². The van der Waals surface area contributed by atoms with Crippen molar-refractivity contribution < 1.29 is 19.0 Å². The Kier molecular flexibility index (Phi) is 10.9. The number of urea groups is 1. The van der Waals surface area contributed by atoms with Crippen molar-refractivity contribution in [2.45, 2.75) is 71.5 Å². The molecular weight excluding hydrogens is 645 g/mol. The number of H-pyrrole nitrogens is 1. The third-order valence-corrected chi connectivity index (χ3v) is 11.1. The Morgan fingerprint density at radius 1 is 1.06 bits per heavy atom. The van der Waals surface area contributed by atoms with Gasteiger partial charge in [-0.05, 0) is 131 Å². The van der Waals surface area contributed by atoms with Crippen molar-refractivity contribution in [3.8, 4) is 28.3 Å². The maximum Gasteiger partial charge on any atom is 0.321 e. The zero-order valence-corrected chi connectivity index (χ0v) is 30.1. The summed E-state index contributed by atoms with van der Waals surface area (Å²) in [6.45, 7) is 12.5. The second kappa shape index (κ2) is 15.7. The number of likely N-dealkylation sites (tertiary alicyclic amines) is 2. The third kappa shape index (κ3) is 8.37. The lowest BCUT2D eigenvalue weighted by molar-refractivity contribution is 0.0959. The van der Waals surface area contributed by atoms with E-state index in [-0.39, 0.29) is 24.6 Å². The molecule has 2 amide bonds. The van der Waals surface area contributed by atoms with Crippen molar-refractivity contribution in [1.82, 2.24) is 30.1 Å². The number of benzene rings is 2. The molecule has 0 saturated carbocycles. The lowest BCUT2D eigenvalue weighted by Gasteiger charge is -2.33. The number of nitrogens with zero attached hydrogens (tertiary/aromatic N) is 4. The van der Waals surface area contributed by atoms with Crippen molar-refractivity contribution in [3.05, 3.63) is 60.2 Å². The molecule has 272 valence electrons. The molecule has 2 aromatic heterocycles. The van der Waals surface area contributed by atoms with Gasteiger partial charge in [0, 0.05) is 54.4 Å². The second-order valence-corrected chi connectivity index (χ2v) is 15.3. The predicted octanol–water partition coefficient (Wildman–Crippen LogP) is 6.84. The SMILES string of the molecule is Cc1c(NC(=O)N2CC(O)C(CC(C)C)C2)cc(F)cc1-c1ncnc2[nH]c(-c3ccc(OC4CCN(CCC5CCNCC5)CC4)cc3)cc12. The van der Waals surface area contributed by atoms with Crippen LogP contribution in [0.25, 0.3) is 33.5 Å². The molecule has 3 aliphatic heterocycles. The summed E-state index contributed by atoms with van der Waals surface area (Å²) < 4.78 is 21.5. The zero-order chi connectivity index (χ0) is 35.5. The van der Waals surface area contributed by atoms with E-state index in [0.29, 0.717) is 40.6 Å². The van der Waals surface area contributed by atoms with Crippen LogP contribution in [0.4, 0.5) is 14.9 Å². The van der Waals surface area contributed by atoms with Crippen molar-refractivity contribution >= 4 is 22.8 Å². The molecule has 0 spiro atoms. The largest absolute Gasteiger partial charge is 0.490 e. The first kappa shape index (κ1) is 35.3. The predicted molar refractivity (Wildman–Crippen MR) is 199 cm³/mol. The van der Waals surface area contributed by atoms with E-state index >= 15 is 4.39 Å². The number of aromatic amines is 1. The number of ether oxygens (including phenoxy) is 1. The van der Waals surface area contributed by atoms with Gasteiger partial charge in [0.2, 0.25) is 0 Å². The smallest absolute Gasteiger partial charge is 0.321 e. The molecule has 5 heterocycles. The Bertz CT molecular complexity index is 1800. The Morgan fingerprint density at radius 3 is 2.57 bits per heavy atom. The average Bonchev–Trinajstić information content (AvgIpc) is 3.73. The molecule has 0 aliphatic carbocycles. The highest BCUT2D eigenvalue weighted by molar-refractivity contribution is 5.97. The minimum atomic E-state index is -0.565. The fraction of sp³-hybridized carbons (Fsp3) is 0.525. The number of carbonyl (C=O) groups excluding carboxylic acids is 1. The number of aliphatic hydroxyl groups is 1. The van der Waals surface area contributed by atoms with Gasteiger partial charge in [-0.1, -0.05) is 13.8 Å². The fourth-order valence-corrected chi connectivity index (χ4v) is 8.11. The number of fused-ring (bicyclic) bond motifs is 1. The number of aliphatic hydroxyl groups excluding tert-OH is 1. The molecular formula is C40H52FN7O3. The molecule has 11 heteroatoms. The third-order valence-electron chi connectivity index (χ3n) is 11.1. The Morgan fingerprint density at radius 2 is 1.82 bits per heavy atom. The van der Waals surface area contributed by atoms with Crippen LogP contribution in [-0.2, 0) is 0 Å². The highest BCUT2D eigenvalue weighted by Gasteiger charge is 2.34. The summed E-state index contributed by atoms with van der Waals surface area (Å²) >= 11 is 0. The summed E-state index contributed by atoms with van der Waals surface area (Å²) in [6, 6.07) is 12.6. The number of piperidine rings is 2. The van der Waals surface area contributed by atoms with Crippen LogP contribution < -0.4 is 15.4 Å². The van der Waals surface area contributed by atoms with Crippen molar-refractivity contribution in [1.29, 1.82) is 0 Å². The number of hydrogen-bond acceptors (Lipinski definition) is 7. The lowest BCUT2D eigenvalue weighted by atomic mass is 9.94. The van der Waals surface area contributed by atoms with Crippen molar-refractivity contribution in [2.75, 3.05) is 51.1 Å². The first-order chi connectivity index (χ1) is 24.7. The van der Waals surface area contributed by atoms with Crippen molar-refractivity contribution in [2.24, 2.45) is 17.8 Å². The molecule has 3 fully saturated rings. The summed E-state index contributed by atoms with van der Waals surface area (Å²) in [5.74, 6) is 1.71. The van der Waals surface area contributed by atoms with Crippen LogP contribution in [0.15, 0.2) is 48.8 Å². The fourth-order valence-electron chi connectivity index (χ4n) is 8.11. The molecule has 10 nitrogen and oxygen atoms in total. The van der Waals surface area contributed by atoms with Crippen LogP contribution in [-0.4, -0.2) is 93.9 Å². The number of aromatic nitrogens is 3. The van der Waals surface area contributed by atoms with Crippen LogP contribution in [0, 0.1) is 30.5 Å². The van der Waals surface area contributed by atoms with Gasteiger partial charge in [0.05, 0.1) is 11.8 Å². The maximum atomic E-state index is 15.1. The van der Waals surface area contributed by atoms with E-state index in [4.69, 9.17) is 4.74 Å². The highest BCUT2D eigenvalue weighted by Crippen LogP contribution is 2.36. The van der Waals surface area contributed by atoms with Gasteiger partial charge in [-0.15, -0.1) is 0 Å². The van der Waals surface area contributed by atoms with E-state index in [0.717, 1.165) is 60.7 Å². The molecule has 4 N–H and O–H groups in total. The monoisotopic (exact) mass is 697 g/mol. The first-order valence-corrected chi connectivity index (χ1v) is 18.8. The van der Waals surface area contributed by atoms with Crippen LogP contribution in [0.2, 0.25) is 0 Å². The van der Waals surface area contributed by atoms with E-state index in [2.05, 4.69) is 44.3 Å². The normalized spacial score (nSPS) is 20.8. The molecule has 0 bridgehead atoms. The molecule has 4 aromatic rings. The minimum absolute atomic E-state index is 0.0304. The maximum absolute atomic E-state index is 15.1. The number of hydrogen-bond donors (Lipinski definition) is 4. The standard InChI is InChI=1S/C40H52FN7O3/c1-25(2)18-29-22-48(23-37(29)49)40(50)46-35-20-30(41)19-33(26(35)3)38-34-21-36(45-39(34)44-24-43-38)28-4-6-31(7-5-28)51-32-11-16-47(17-12-32)15-10-27-8-13-42-14-9-27/h4-7,19-21,24-25,27,29,32,37,42,49H,8-18,22-23H2,1-3H3,(H,46,50)(H,43,44,45). The number of nitrogens with one attached hydrogen (secondary N) is 3. The Labute approximate surface area is 300 Å². The highest BCUT2D eigenvalue weighted by atomic mass is 19.1.